The van der Waals surface area contributed by atoms with Crippen molar-refractivity contribution in [2.75, 3.05) is 14.1 Å². The summed E-state index contributed by atoms with van der Waals surface area (Å²) in [5.74, 6) is 0. The highest BCUT2D eigenvalue weighted by Crippen LogP contribution is 2.35. The molecule has 208 valence electrons. The molecule has 2 aliphatic rings. The fourth-order valence-electron chi connectivity index (χ4n) is 5.56. The largest absolute Gasteiger partial charge is 0.301 e. The summed E-state index contributed by atoms with van der Waals surface area (Å²) < 4.78 is 0. The summed E-state index contributed by atoms with van der Waals surface area (Å²) in [5, 5.41) is 16.2. The number of fused-ring (bicyclic) bond motifs is 2. The molecule has 2 heterocycles. The van der Waals surface area contributed by atoms with Crippen molar-refractivity contribution in [2.45, 2.75) is 37.3 Å². The number of halogens is 4. The van der Waals surface area contributed by atoms with Crippen molar-refractivity contribution in [1.29, 1.82) is 0 Å². The fourth-order valence-corrected chi connectivity index (χ4v) is 6.21. The van der Waals surface area contributed by atoms with Gasteiger partial charge in [-0.1, -0.05) is 107 Å². The van der Waals surface area contributed by atoms with Gasteiger partial charge < -0.3 is 10.6 Å². The molecule has 0 saturated heterocycles. The van der Waals surface area contributed by atoms with Crippen LogP contribution in [0.25, 0.3) is 0 Å². The molecule has 0 radical (unpaired) electrons. The Balaban J connectivity index is 0.000000161. The molecule has 4 aromatic rings. The lowest BCUT2D eigenvalue weighted by Crippen LogP contribution is -2.28. The van der Waals surface area contributed by atoms with Crippen molar-refractivity contribution in [2.24, 2.45) is 0 Å². The third-order valence-corrected chi connectivity index (χ3v) is 9.00. The van der Waals surface area contributed by atoms with E-state index in [1.165, 1.54) is 33.4 Å². The first-order valence-electron chi connectivity index (χ1n) is 13.3. The van der Waals surface area contributed by atoms with Crippen molar-refractivity contribution < 1.29 is 0 Å². The molecule has 0 bridgehead atoms. The molecular formula is C32H32Cl4N4. The normalized spacial score (nSPS) is 20.9. The number of rotatable bonds is 6. The first-order valence-corrected chi connectivity index (χ1v) is 14.8. The van der Waals surface area contributed by atoms with Crippen LogP contribution >= 0.6 is 46.4 Å². The summed E-state index contributed by atoms with van der Waals surface area (Å²) in [6.45, 7) is 0. The maximum Gasteiger partial charge on any atom is 0.0841 e. The first kappa shape index (κ1) is 29.4. The van der Waals surface area contributed by atoms with Gasteiger partial charge in [-0.05, 0) is 84.6 Å². The van der Waals surface area contributed by atoms with E-state index in [0.29, 0.717) is 32.2 Å². The molecule has 4 aromatic carbocycles. The molecule has 4 N–H and O–H groups in total. The highest BCUT2D eigenvalue weighted by molar-refractivity contribution is 6.42. The minimum absolute atomic E-state index is 0.207. The summed E-state index contributed by atoms with van der Waals surface area (Å²) >= 11 is 24.1. The Morgan fingerprint density at radius 2 is 0.900 bits per heavy atom. The van der Waals surface area contributed by atoms with Crippen molar-refractivity contribution in [3.8, 4) is 0 Å². The third kappa shape index (κ3) is 6.51. The smallest absolute Gasteiger partial charge is 0.0841 e. The SMILES string of the molecule is CN[C@@H]1N[C@@H](Cc2ccc(Cl)c(Cl)c2)c2ccccc21.CN[C@H]1N[C@@H](Cc2ccc(Cl)c(Cl)c2)c2ccccc21. The molecule has 0 aliphatic carbocycles. The monoisotopic (exact) mass is 612 g/mol. The molecule has 6 rings (SSSR count). The van der Waals surface area contributed by atoms with Crippen LogP contribution in [0.3, 0.4) is 0 Å². The first-order chi connectivity index (χ1) is 19.4. The van der Waals surface area contributed by atoms with Gasteiger partial charge in [-0.3, -0.25) is 10.6 Å². The standard InChI is InChI=1S/2C16H16Cl2N2/c2*1-19-16-12-5-3-2-4-11(12)15(20-16)9-10-6-7-13(17)14(18)8-10/h2*2-8,15-16,19-20H,9H2,1H3/t15-,16+;15-,16-/m00/s1. The molecule has 2 aliphatic heterocycles. The Morgan fingerprint density at radius 1 is 0.525 bits per heavy atom. The van der Waals surface area contributed by atoms with Crippen LogP contribution in [0.4, 0.5) is 0 Å². The lowest BCUT2D eigenvalue weighted by molar-refractivity contribution is 0.450. The van der Waals surface area contributed by atoms with Gasteiger partial charge in [0.05, 0.1) is 32.4 Å². The van der Waals surface area contributed by atoms with E-state index in [1.807, 2.05) is 50.5 Å². The van der Waals surface area contributed by atoms with Gasteiger partial charge >= 0.3 is 0 Å². The molecule has 4 nitrogen and oxygen atoms in total. The van der Waals surface area contributed by atoms with Crippen LogP contribution in [-0.4, -0.2) is 14.1 Å². The number of nitrogens with one attached hydrogen (secondary N) is 4. The molecule has 40 heavy (non-hydrogen) atoms. The maximum atomic E-state index is 6.09. The van der Waals surface area contributed by atoms with Crippen LogP contribution in [0, 0.1) is 0 Å². The average Bonchev–Trinajstić information content (AvgIpc) is 3.51. The Kier molecular flexibility index (Phi) is 9.72. The van der Waals surface area contributed by atoms with Crippen molar-refractivity contribution in [3.05, 3.63) is 138 Å². The zero-order valence-electron chi connectivity index (χ0n) is 22.3. The topological polar surface area (TPSA) is 48.1 Å². The second kappa shape index (κ2) is 13.2. The quantitative estimate of drug-likeness (QED) is 0.177. The van der Waals surface area contributed by atoms with E-state index in [9.17, 15) is 0 Å². The molecule has 0 saturated carbocycles. The second-order valence-corrected chi connectivity index (χ2v) is 11.7. The summed E-state index contributed by atoms with van der Waals surface area (Å²) in [6, 6.07) is 29.3. The van der Waals surface area contributed by atoms with E-state index >= 15 is 0 Å². The predicted octanol–water partition coefficient (Wildman–Crippen LogP) is 8.20. The molecule has 4 atom stereocenters. The van der Waals surface area contributed by atoms with Gasteiger partial charge in [0, 0.05) is 12.1 Å². The Labute approximate surface area is 256 Å². The summed E-state index contributed by atoms with van der Waals surface area (Å²) in [7, 11) is 3.94. The minimum atomic E-state index is 0.207. The van der Waals surface area contributed by atoms with Gasteiger partial charge in [-0.15, -0.1) is 0 Å². The molecule has 0 amide bonds. The van der Waals surface area contributed by atoms with Gasteiger partial charge in [0.15, 0.2) is 0 Å². The van der Waals surface area contributed by atoms with E-state index < -0.39 is 0 Å². The molecule has 0 unspecified atom stereocenters. The number of hydrogen-bond acceptors (Lipinski definition) is 4. The fraction of sp³-hybridized carbons (Fsp3) is 0.250. The van der Waals surface area contributed by atoms with E-state index in [4.69, 9.17) is 46.4 Å². The Bertz CT molecular complexity index is 1370. The van der Waals surface area contributed by atoms with Gasteiger partial charge in [0.25, 0.3) is 0 Å². The van der Waals surface area contributed by atoms with Crippen molar-refractivity contribution in [1.82, 2.24) is 21.3 Å². The van der Waals surface area contributed by atoms with E-state index in [1.54, 1.807) is 0 Å². The van der Waals surface area contributed by atoms with Crippen molar-refractivity contribution in [3.63, 3.8) is 0 Å². The predicted molar refractivity (Wildman–Crippen MR) is 169 cm³/mol. The number of benzene rings is 4. The zero-order valence-corrected chi connectivity index (χ0v) is 25.3. The van der Waals surface area contributed by atoms with E-state index in [0.717, 1.165) is 12.8 Å². The van der Waals surface area contributed by atoms with Gasteiger partial charge in [-0.25, -0.2) is 0 Å². The maximum absolute atomic E-state index is 6.09. The average molecular weight is 614 g/mol. The van der Waals surface area contributed by atoms with Crippen LogP contribution in [-0.2, 0) is 12.8 Å². The third-order valence-electron chi connectivity index (χ3n) is 7.53. The van der Waals surface area contributed by atoms with Gasteiger partial charge in [-0.2, -0.15) is 0 Å². The molecular weight excluding hydrogens is 582 g/mol. The molecule has 0 spiro atoms. The van der Waals surface area contributed by atoms with Crippen LogP contribution in [0.15, 0.2) is 84.9 Å². The Morgan fingerprint density at radius 3 is 1.25 bits per heavy atom. The summed E-state index contributed by atoms with van der Waals surface area (Å²) in [5.41, 5.74) is 7.70. The highest BCUT2D eigenvalue weighted by Gasteiger charge is 2.29. The van der Waals surface area contributed by atoms with Crippen LogP contribution in [0.5, 0.6) is 0 Å². The summed E-state index contributed by atoms with van der Waals surface area (Å²) in [4.78, 5) is 0. The van der Waals surface area contributed by atoms with Gasteiger partial charge in [0.2, 0.25) is 0 Å². The van der Waals surface area contributed by atoms with Crippen LogP contribution in [0.1, 0.15) is 57.8 Å². The summed E-state index contributed by atoms with van der Waals surface area (Å²) in [6.07, 6.45) is 2.20. The molecule has 8 heteroatoms. The lowest BCUT2D eigenvalue weighted by atomic mass is 9.98. The minimum Gasteiger partial charge on any atom is -0.301 e. The lowest BCUT2D eigenvalue weighted by Gasteiger charge is -2.15. The van der Waals surface area contributed by atoms with Crippen molar-refractivity contribution >= 4 is 46.4 Å². The van der Waals surface area contributed by atoms with E-state index in [-0.39, 0.29) is 12.3 Å². The zero-order chi connectivity index (χ0) is 28.2. The van der Waals surface area contributed by atoms with Crippen LogP contribution < -0.4 is 21.3 Å². The second-order valence-electron chi connectivity index (χ2n) is 10.0. The van der Waals surface area contributed by atoms with Crippen LogP contribution in [0.2, 0.25) is 20.1 Å². The Hall–Kier alpha value is -2.12. The molecule has 0 aromatic heterocycles. The van der Waals surface area contributed by atoms with E-state index in [2.05, 4.69) is 69.8 Å². The molecule has 0 fully saturated rings. The van der Waals surface area contributed by atoms with Gasteiger partial charge in [0.1, 0.15) is 0 Å². The number of hydrogen-bond donors (Lipinski definition) is 4. The highest BCUT2D eigenvalue weighted by atomic mass is 35.5.